The fourth-order valence-electron chi connectivity index (χ4n) is 4.02. The van der Waals surface area contributed by atoms with Crippen molar-refractivity contribution in [1.29, 1.82) is 0 Å². The number of nitrogens with zero attached hydrogens (tertiary/aromatic N) is 5. The number of nitrogens with one attached hydrogen (secondary N) is 1. The number of anilines is 1. The third kappa shape index (κ3) is 4.23. The average molecular weight is 436 g/mol. The fourth-order valence-corrected chi connectivity index (χ4v) is 4.02. The van der Waals surface area contributed by atoms with Gasteiger partial charge in [-0.25, -0.2) is 18.7 Å². The van der Waals surface area contributed by atoms with E-state index in [4.69, 9.17) is 4.52 Å². The summed E-state index contributed by atoms with van der Waals surface area (Å²) >= 11 is 0. The van der Waals surface area contributed by atoms with Crippen LogP contribution in [0.5, 0.6) is 0 Å². The number of aromatic nitrogens is 5. The maximum Gasteiger partial charge on any atom is 0.183 e. The van der Waals surface area contributed by atoms with Crippen molar-refractivity contribution in [3.05, 3.63) is 66.1 Å². The van der Waals surface area contributed by atoms with Crippen molar-refractivity contribution in [3.63, 3.8) is 0 Å². The monoisotopic (exact) mass is 436 g/mol. The summed E-state index contributed by atoms with van der Waals surface area (Å²) in [4.78, 5) is 8.55. The van der Waals surface area contributed by atoms with E-state index < -0.39 is 5.82 Å². The molecule has 0 saturated heterocycles. The Labute approximate surface area is 183 Å². The van der Waals surface area contributed by atoms with Gasteiger partial charge < -0.3 is 9.84 Å². The number of hydrogen-bond donors (Lipinski definition) is 1. The number of hydrogen-bond acceptors (Lipinski definition) is 6. The molecule has 3 aromatic heterocycles. The summed E-state index contributed by atoms with van der Waals surface area (Å²) in [5.74, 6) is -0.371. The average Bonchev–Trinajstić information content (AvgIpc) is 3.48. The molecule has 164 valence electrons. The van der Waals surface area contributed by atoms with E-state index in [1.807, 2.05) is 0 Å². The Balaban J connectivity index is 1.49. The zero-order valence-corrected chi connectivity index (χ0v) is 17.3. The first-order valence-electron chi connectivity index (χ1n) is 10.7. The molecule has 1 fully saturated rings. The molecule has 0 aliphatic heterocycles. The van der Waals surface area contributed by atoms with Crippen molar-refractivity contribution in [2.24, 2.45) is 0 Å². The van der Waals surface area contributed by atoms with Gasteiger partial charge in [0.25, 0.3) is 0 Å². The molecule has 0 radical (unpaired) electrons. The van der Waals surface area contributed by atoms with Crippen molar-refractivity contribution >= 4 is 5.82 Å². The molecule has 1 aromatic carbocycles. The van der Waals surface area contributed by atoms with Gasteiger partial charge in [0.05, 0.1) is 18.4 Å². The van der Waals surface area contributed by atoms with Gasteiger partial charge >= 0.3 is 0 Å². The van der Waals surface area contributed by atoms with Gasteiger partial charge in [-0.1, -0.05) is 42.6 Å². The molecule has 0 atom stereocenters. The van der Waals surface area contributed by atoms with Crippen molar-refractivity contribution in [1.82, 2.24) is 24.9 Å². The zero-order chi connectivity index (χ0) is 21.9. The molecule has 7 nitrogen and oxygen atoms in total. The van der Waals surface area contributed by atoms with Crippen LogP contribution in [0.1, 0.15) is 37.7 Å². The Hall–Kier alpha value is -3.62. The van der Waals surface area contributed by atoms with Gasteiger partial charge in [0.1, 0.15) is 23.5 Å². The number of rotatable bonds is 6. The third-order valence-electron chi connectivity index (χ3n) is 5.68. The largest absolute Gasteiger partial charge is 0.365 e. The molecule has 0 amide bonds. The molecule has 32 heavy (non-hydrogen) atoms. The Morgan fingerprint density at radius 3 is 2.66 bits per heavy atom. The molecular formula is C23H22F2N6O. The van der Waals surface area contributed by atoms with Crippen LogP contribution >= 0.6 is 0 Å². The second-order valence-corrected chi connectivity index (χ2v) is 7.92. The number of benzene rings is 1. The molecular weight excluding hydrogens is 414 g/mol. The van der Waals surface area contributed by atoms with E-state index in [1.165, 1.54) is 18.8 Å². The third-order valence-corrected chi connectivity index (χ3v) is 5.68. The minimum atomic E-state index is -0.498. The van der Waals surface area contributed by atoms with Crippen LogP contribution in [0, 0.1) is 11.6 Å². The summed E-state index contributed by atoms with van der Waals surface area (Å²) in [7, 11) is 0. The molecule has 1 aliphatic carbocycles. The number of halogens is 2. The van der Waals surface area contributed by atoms with E-state index in [1.54, 1.807) is 35.0 Å². The summed E-state index contributed by atoms with van der Waals surface area (Å²) in [6.45, 7) is 0.184. The van der Waals surface area contributed by atoms with Crippen molar-refractivity contribution in [2.45, 2.75) is 44.7 Å². The van der Waals surface area contributed by atoms with Crippen molar-refractivity contribution < 1.29 is 13.3 Å². The van der Waals surface area contributed by atoms with Gasteiger partial charge in [0.2, 0.25) is 0 Å². The van der Waals surface area contributed by atoms with Crippen molar-refractivity contribution in [2.75, 3.05) is 5.32 Å². The molecule has 0 unspecified atom stereocenters. The molecule has 0 bridgehead atoms. The molecule has 5 rings (SSSR count). The topological polar surface area (TPSA) is 81.7 Å². The molecule has 3 heterocycles. The first kappa shape index (κ1) is 20.3. The highest BCUT2D eigenvalue weighted by Crippen LogP contribution is 2.27. The Morgan fingerprint density at radius 1 is 1.03 bits per heavy atom. The fraction of sp³-hybridized carbons (Fsp3) is 0.304. The molecule has 1 aliphatic rings. The standard InChI is InChI=1S/C23H22F2N6O/c24-17-9-5-4-6-15(17)14-31-21(19-10-11-32-30-19)12-20(29-31)23-26-13-18(25)22(28-23)27-16-7-2-1-3-8-16/h4-6,9-13,16H,1-3,7-8,14H2,(H,26,27,28). The minimum Gasteiger partial charge on any atom is -0.365 e. The smallest absolute Gasteiger partial charge is 0.183 e. The minimum absolute atomic E-state index is 0.175. The Morgan fingerprint density at radius 2 is 1.88 bits per heavy atom. The van der Waals surface area contributed by atoms with Gasteiger partial charge in [-0.05, 0) is 25.0 Å². The molecule has 1 saturated carbocycles. The van der Waals surface area contributed by atoms with E-state index in [0.29, 0.717) is 22.6 Å². The van der Waals surface area contributed by atoms with E-state index in [0.717, 1.165) is 31.9 Å². The van der Waals surface area contributed by atoms with E-state index >= 15 is 0 Å². The maximum absolute atomic E-state index is 14.4. The second-order valence-electron chi connectivity index (χ2n) is 7.92. The van der Waals surface area contributed by atoms with Gasteiger partial charge in [0.15, 0.2) is 17.5 Å². The maximum atomic E-state index is 14.4. The predicted octanol–water partition coefficient (Wildman–Crippen LogP) is 5.07. The predicted molar refractivity (Wildman–Crippen MR) is 115 cm³/mol. The van der Waals surface area contributed by atoms with Gasteiger partial charge in [-0.15, -0.1) is 0 Å². The lowest BCUT2D eigenvalue weighted by molar-refractivity contribution is 0.421. The van der Waals surface area contributed by atoms with Gasteiger partial charge in [-0.2, -0.15) is 5.10 Å². The van der Waals surface area contributed by atoms with E-state index in [-0.39, 0.29) is 30.0 Å². The molecule has 4 aromatic rings. The molecule has 0 spiro atoms. The first-order valence-corrected chi connectivity index (χ1v) is 10.7. The van der Waals surface area contributed by atoms with E-state index in [2.05, 4.69) is 25.5 Å². The lowest BCUT2D eigenvalue weighted by Crippen LogP contribution is -2.23. The van der Waals surface area contributed by atoms with Crippen LogP contribution in [0.3, 0.4) is 0 Å². The summed E-state index contributed by atoms with van der Waals surface area (Å²) in [6, 6.07) is 10.1. The summed E-state index contributed by atoms with van der Waals surface area (Å²) in [6.07, 6.45) is 8.05. The second kappa shape index (κ2) is 8.86. The van der Waals surface area contributed by atoms with Crippen LogP contribution in [0.4, 0.5) is 14.6 Å². The highest BCUT2D eigenvalue weighted by atomic mass is 19.1. The lowest BCUT2D eigenvalue weighted by Gasteiger charge is -2.23. The highest BCUT2D eigenvalue weighted by Gasteiger charge is 2.20. The zero-order valence-electron chi connectivity index (χ0n) is 17.3. The highest BCUT2D eigenvalue weighted by molar-refractivity contribution is 5.63. The Kier molecular flexibility index (Phi) is 5.62. The normalized spacial score (nSPS) is 14.6. The van der Waals surface area contributed by atoms with Gasteiger partial charge in [-0.3, -0.25) is 4.68 Å². The van der Waals surface area contributed by atoms with Crippen LogP contribution in [0.2, 0.25) is 0 Å². The van der Waals surface area contributed by atoms with Crippen LogP contribution < -0.4 is 5.32 Å². The van der Waals surface area contributed by atoms with Crippen LogP contribution in [-0.4, -0.2) is 30.9 Å². The quantitative estimate of drug-likeness (QED) is 0.455. The van der Waals surface area contributed by atoms with Crippen LogP contribution in [0.25, 0.3) is 22.9 Å². The van der Waals surface area contributed by atoms with Crippen LogP contribution in [-0.2, 0) is 6.54 Å². The van der Waals surface area contributed by atoms with Gasteiger partial charge in [0, 0.05) is 17.7 Å². The first-order chi connectivity index (χ1) is 15.7. The Bertz CT molecular complexity index is 1200. The van der Waals surface area contributed by atoms with Crippen LogP contribution in [0.15, 0.2) is 53.4 Å². The summed E-state index contributed by atoms with van der Waals surface area (Å²) < 4.78 is 35.2. The summed E-state index contributed by atoms with van der Waals surface area (Å²) in [5.41, 5.74) is 2.08. The molecule has 9 heteroatoms. The SMILES string of the molecule is Fc1ccccc1Cn1nc(-c2ncc(F)c(NC3CCCCC3)n2)cc1-c1ccon1. The van der Waals surface area contributed by atoms with Crippen molar-refractivity contribution in [3.8, 4) is 22.9 Å². The molecule has 1 N–H and O–H groups in total. The van der Waals surface area contributed by atoms with E-state index in [9.17, 15) is 8.78 Å². The lowest BCUT2D eigenvalue weighted by atomic mass is 9.95. The summed E-state index contributed by atoms with van der Waals surface area (Å²) in [5, 5.41) is 11.8.